The van der Waals surface area contributed by atoms with E-state index in [-0.39, 0.29) is 17.4 Å². The van der Waals surface area contributed by atoms with Crippen molar-refractivity contribution in [2.45, 2.75) is 42.5 Å². The number of rotatable bonds is 11. The summed E-state index contributed by atoms with van der Waals surface area (Å²) in [6.07, 6.45) is 1.42. The van der Waals surface area contributed by atoms with E-state index in [4.69, 9.17) is 15.2 Å². The molecule has 3 aromatic rings. The number of ether oxygens (including phenoxy) is 2. The number of aromatic nitrogens is 2. The van der Waals surface area contributed by atoms with Crippen LogP contribution < -0.4 is 20.5 Å². The molecule has 0 saturated heterocycles. The van der Waals surface area contributed by atoms with Crippen molar-refractivity contribution >= 4 is 26.5 Å². The predicted molar refractivity (Wildman–Crippen MR) is 126 cm³/mol. The van der Waals surface area contributed by atoms with Crippen LogP contribution >= 0.6 is 11.5 Å². The smallest absolute Gasteiger partial charge is 0.203 e. The lowest BCUT2D eigenvalue weighted by Crippen LogP contribution is -2.36. The van der Waals surface area contributed by atoms with Gasteiger partial charge >= 0.3 is 0 Å². The Bertz CT molecular complexity index is 1120. The van der Waals surface area contributed by atoms with Gasteiger partial charge < -0.3 is 20.5 Å². The van der Waals surface area contributed by atoms with Gasteiger partial charge in [0.15, 0.2) is 9.84 Å². The van der Waals surface area contributed by atoms with Crippen molar-refractivity contribution in [2.75, 3.05) is 19.5 Å². The van der Waals surface area contributed by atoms with Gasteiger partial charge in [-0.2, -0.15) is 4.37 Å². The zero-order valence-corrected chi connectivity index (χ0v) is 19.9. The first-order valence-corrected chi connectivity index (χ1v) is 12.5. The standard InChI is InChI=1S/C22H28N4O4S2/c1-4-16(23)14-21(32(27,28)19-10-8-17(29-2)9-11-19)25-22-24-20(26-31-22)13-15-6-5-7-18(12-15)30-3/h5-12,16,21H,4,13-14,23H2,1-3H3,(H,24,25,26). The second-order valence-electron chi connectivity index (χ2n) is 7.30. The number of sulfone groups is 1. The van der Waals surface area contributed by atoms with Crippen LogP contribution in [0.25, 0.3) is 0 Å². The van der Waals surface area contributed by atoms with Gasteiger partial charge in [-0.15, -0.1) is 0 Å². The Kier molecular flexibility index (Phi) is 8.05. The Morgan fingerprint density at radius 1 is 1.09 bits per heavy atom. The van der Waals surface area contributed by atoms with Gasteiger partial charge in [-0.25, -0.2) is 13.4 Å². The SMILES string of the molecule is CCC(N)CC(Nc1nc(Cc2cccc(OC)c2)ns1)S(=O)(=O)c1ccc(OC)cc1. The average molecular weight is 477 g/mol. The maximum absolute atomic E-state index is 13.3. The number of hydrogen-bond donors (Lipinski definition) is 2. The van der Waals surface area contributed by atoms with Crippen molar-refractivity contribution in [3.05, 3.63) is 59.9 Å². The first-order valence-electron chi connectivity index (χ1n) is 10.2. The van der Waals surface area contributed by atoms with E-state index < -0.39 is 15.2 Å². The number of anilines is 1. The van der Waals surface area contributed by atoms with Crippen molar-refractivity contribution in [1.82, 2.24) is 9.36 Å². The van der Waals surface area contributed by atoms with Crippen molar-refractivity contribution in [2.24, 2.45) is 5.73 Å². The van der Waals surface area contributed by atoms with Gasteiger partial charge in [0.25, 0.3) is 0 Å². The monoisotopic (exact) mass is 476 g/mol. The fraction of sp³-hybridized carbons (Fsp3) is 0.364. The molecule has 3 N–H and O–H groups in total. The van der Waals surface area contributed by atoms with E-state index in [9.17, 15) is 8.42 Å². The minimum Gasteiger partial charge on any atom is -0.497 e. The van der Waals surface area contributed by atoms with Gasteiger partial charge in [0.1, 0.15) is 22.7 Å². The van der Waals surface area contributed by atoms with Gasteiger partial charge in [0.2, 0.25) is 5.13 Å². The number of nitrogens with two attached hydrogens (primary N) is 1. The zero-order valence-electron chi connectivity index (χ0n) is 18.3. The Morgan fingerprint density at radius 3 is 2.47 bits per heavy atom. The summed E-state index contributed by atoms with van der Waals surface area (Å²) in [4.78, 5) is 4.69. The third-order valence-corrected chi connectivity index (χ3v) is 7.73. The second kappa shape index (κ2) is 10.8. The quantitative estimate of drug-likeness (QED) is 0.432. The maximum atomic E-state index is 13.3. The lowest BCUT2D eigenvalue weighted by atomic mass is 10.1. The van der Waals surface area contributed by atoms with E-state index in [2.05, 4.69) is 14.7 Å². The van der Waals surface area contributed by atoms with Gasteiger partial charge in [-0.1, -0.05) is 19.1 Å². The summed E-state index contributed by atoms with van der Waals surface area (Å²) in [7, 11) is -0.560. The Morgan fingerprint density at radius 2 is 1.81 bits per heavy atom. The molecule has 0 fully saturated rings. The van der Waals surface area contributed by atoms with Crippen molar-refractivity contribution < 1.29 is 17.9 Å². The molecule has 0 bridgehead atoms. The van der Waals surface area contributed by atoms with E-state index in [1.165, 1.54) is 19.2 Å². The van der Waals surface area contributed by atoms with Gasteiger partial charge in [-0.3, -0.25) is 0 Å². The minimum absolute atomic E-state index is 0.195. The van der Waals surface area contributed by atoms with E-state index in [0.29, 0.717) is 29.5 Å². The Labute approximate surface area is 192 Å². The van der Waals surface area contributed by atoms with Crippen LogP contribution in [-0.2, 0) is 16.3 Å². The lowest BCUT2D eigenvalue weighted by molar-refractivity contribution is 0.414. The fourth-order valence-electron chi connectivity index (χ4n) is 3.12. The molecule has 0 amide bonds. The largest absolute Gasteiger partial charge is 0.497 e. The third kappa shape index (κ3) is 5.96. The van der Waals surface area contributed by atoms with E-state index in [0.717, 1.165) is 22.8 Å². The molecular formula is C22H28N4O4S2. The van der Waals surface area contributed by atoms with Crippen LogP contribution in [0.15, 0.2) is 53.4 Å². The molecule has 2 atom stereocenters. The maximum Gasteiger partial charge on any atom is 0.203 e. The molecule has 8 nitrogen and oxygen atoms in total. The molecule has 32 heavy (non-hydrogen) atoms. The lowest BCUT2D eigenvalue weighted by Gasteiger charge is -2.21. The minimum atomic E-state index is -3.71. The zero-order chi connectivity index (χ0) is 23.1. The number of nitrogens with one attached hydrogen (secondary N) is 1. The van der Waals surface area contributed by atoms with Crippen LogP contribution in [0.4, 0.5) is 5.13 Å². The summed E-state index contributed by atoms with van der Waals surface area (Å²) in [5.74, 6) is 1.95. The summed E-state index contributed by atoms with van der Waals surface area (Å²) in [5.41, 5.74) is 7.12. The molecule has 2 aromatic carbocycles. The first kappa shape index (κ1) is 24.0. The average Bonchev–Trinajstić information content (AvgIpc) is 3.25. The molecule has 0 saturated carbocycles. The molecule has 172 valence electrons. The van der Waals surface area contributed by atoms with Crippen LogP contribution in [0.2, 0.25) is 0 Å². The summed E-state index contributed by atoms with van der Waals surface area (Å²) >= 11 is 1.13. The molecule has 10 heteroatoms. The number of hydrogen-bond acceptors (Lipinski definition) is 9. The molecule has 0 aliphatic carbocycles. The van der Waals surface area contributed by atoms with E-state index >= 15 is 0 Å². The van der Waals surface area contributed by atoms with Crippen LogP contribution in [0.5, 0.6) is 11.5 Å². The molecule has 0 aliphatic heterocycles. The normalized spacial score (nSPS) is 13.4. The van der Waals surface area contributed by atoms with Crippen molar-refractivity contribution in [3.8, 4) is 11.5 Å². The van der Waals surface area contributed by atoms with Crippen LogP contribution in [0, 0.1) is 0 Å². The molecule has 0 spiro atoms. The summed E-state index contributed by atoms with van der Waals surface area (Å²) in [6.45, 7) is 1.93. The molecule has 2 unspecified atom stereocenters. The topological polar surface area (TPSA) is 116 Å². The molecule has 0 radical (unpaired) electrons. The first-order chi connectivity index (χ1) is 15.3. The molecule has 0 aliphatic rings. The van der Waals surface area contributed by atoms with Crippen LogP contribution in [0.3, 0.4) is 0 Å². The van der Waals surface area contributed by atoms with E-state index in [1.54, 1.807) is 19.2 Å². The number of benzene rings is 2. The Balaban J connectivity index is 1.81. The molecule has 3 rings (SSSR count). The van der Waals surface area contributed by atoms with Crippen molar-refractivity contribution in [3.63, 3.8) is 0 Å². The van der Waals surface area contributed by atoms with Gasteiger partial charge in [-0.05, 0) is 54.8 Å². The third-order valence-electron chi connectivity index (χ3n) is 5.05. The summed E-state index contributed by atoms with van der Waals surface area (Å²) in [5, 5.41) is 2.57. The highest BCUT2D eigenvalue weighted by atomic mass is 32.2. The molecule has 1 heterocycles. The van der Waals surface area contributed by atoms with Crippen molar-refractivity contribution in [1.29, 1.82) is 0 Å². The highest BCUT2D eigenvalue weighted by Gasteiger charge is 2.30. The van der Waals surface area contributed by atoms with E-state index in [1.807, 2.05) is 31.2 Å². The molecule has 1 aromatic heterocycles. The summed E-state index contributed by atoms with van der Waals surface area (Å²) in [6, 6.07) is 13.7. The summed E-state index contributed by atoms with van der Waals surface area (Å²) < 4.78 is 41.4. The van der Waals surface area contributed by atoms with Gasteiger partial charge in [0.05, 0.1) is 19.1 Å². The number of methoxy groups -OCH3 is 2. The highest BCUT2D eigenvalue weighted by molar-refractivity contribution is 7.92. The van der Waals surface area contributed by atoms with Crippen LogP contribution in [0.1, 0.15) is 31.2 Å². The molecular weight excluding hydrogens is 448 g/mol. The Hall–Kier alpha value is -2.69. The van der Waals surface area contributed by atoms with Crippen LogP contribution in [-0.4, -0.2) is 43.4 Å². The number of nitrogens with zero attached hydrogens (tertiary/aromatic N) is 2. The van der Waals surface area contributed by atoms with Gasteiger partial charge in [0, 0.05) is 24.0 Å². The fourth-order valence-corrected chi connectivity index (χ4v) is 5.45. The second-order valence-corrected chi connectivity index (χ2v) is 10.2. The predicted octanol–water partition coefficient (Wildman–Crippen LogP) is 3.49. The highest BCUT2D eigenvalue weighted by Crippen LogP contribution is 2.25.